The molecule has 0 aliphatic heterocycles. The van der Waals surface area contributed by atoms with Crippen LogP contribution in [0.3, 0.4) is 0 Å². The summed E-state index contributed by atoms with van der Waals surface area (Å²) < 4.78 is 16.4. The Labute approximate surface area is 262 Å². The molecule has 13 nitrogen and oxygen atoms in total. The second-order valence-electron chi connectivity index (χ2n) is 9.78. The number of benzene rings is 3. The second-order valence-corrected chi connectivity index (χ2v) is 9.78. The molecule has 1 aromatic heterocycles. The van der Waals surface area contributed by atoms with Crippen molar-refractivity contribution < 1.29 is 29.2 Å². The summed E-state index contributed by atoms with van der Waals surface area (Å²) in [5.74, 6) is 1.47. The van der Waals surface area contributed by atoms with Crippen molar-refractivity contribution >= 4 is 23.8 Å². The van der Waals surface area contributed by atoms with E-state index in [-0.39, 0.29) is 17.4 Å². The lowest BCUT2D eigenvalue weighted by atomic mass is 10.1. The van der Waals surface area contributed by atoms with Crippen LogP contribution in [0.4, 0.5) is 17.8 Å². The van der Waals surface area contributed by atoms with Crippen LogP contribution in [0.25, 0.3) is 0 Å². The number of amides is 1. The van der Waals surface area contributed by atoms with E-state index in [4.69, 9.17) is 14.2 Å². The first kappa shape index (κ1) is 32.8. The minimum Gasteiger partial charge on any atom is -0.504 e. The van der Waals surface area contributed by atoms with Crippen molar-refractivity contribution in [3.8, 4) is 17.2 Å². The molecule has 0 saturated carbocycles. The Morgan fingerprint density at radius 3 is 1.98 bits per heavy atom. The Balaban J connectivity index is 1.20. The van der Waals surface area contributed by atoms with Gasteiger partial charge in [0.1, 0.15) is 5.75 Å². The summed E-state index contributed by atoms with van der Waals surface area (Å²) in [7, 11) is 1.63. The van der Waals surface area contributed by atoms with E-state index in [1.54, 1.807) is 25.3 Å². The molecule has 0 bridgehead atoms. The Kier molecular flexibility index (Phi) is 13.0. The van der Waals surface area contributed by atoms with E-state index in [9.17, 15) is 15.0 Å². The number of anilines is 3. The van der Waals surface area contributed by atoms with Crippen LogP contribution in [0.2, 0.25) is 0 Å². The zero-order chi connectivity index (χ0) is 31.7. The molecule has 0 aliphatic carbocycles. The van der Waals surface area contributed by atoms with Crippen LogP contribution in [-0.2, 0) is 22.4 Å². The number of aromatic hydroxyl groups is 2. The molecule has 0 unspecified atom stereocenters. The second kappa shape index (κ2) is 17.9. The average Bonchev–Trinajstić information content (AvgIpc) is 3.06. The topological polar surface area (TPSA) is 172 Å². The Bertz CT molecular complexity index is 1480. The van der Waals surface area contributed by atoms with Crippen molar-refractivity contribution in [3.63, 3.8) is 0 Å². The van der Waals surface area contributed by atoms with Crippen molar-refractivity contribution in [2.24, 2.45) is 0 Å². The fraction of sp³-hybridized carbons (Fsp3) is 0.312. The molecular weight excluding hydrogens is 578 g/mol. The zero-order valence-electron chi connectivity index (χ0n) is 25.2. The maximum Gasteiger partial charge on any atom is 0.251 e. The Morgan fingerprint density at radius 2 is 1.31 bits per heavy atom. The first-order valence-corrected chi connectivity index (χ1v) is 14.6. The standard InChI is InChI=1S/C32H39N7O6/c1-43-26-10-7-24(8-11-26)22-36-32-38-30(34-14-13-23-9-12-27(40)28(41)21-23)37-31(39-32)35-16-18-45-20-19-44-17-15-33-29(42)25-5-3-2-4-6-25/h2-12,21,40-41H,13-20,22H2,1H3,(H,33,42)(H3,34,35,36,37,38,39). The van der Waals surface area contributed by atoms with Crippen LogP contribution in [0.5, 0.6) is 17.2 Å². The molecule has 45 heavy (non-hydrogen) atoms. The number of rotatable bonds is 19. The molecule has 1 amide bonds. The lowest BCUT2D eigenvalue weighted by molar-refractivity contribution is 0.0519. The van der Waals surface area contributed by atoms with Crippen LogP contribution in [-0.4, -0.2) is 84.2 Å². The quantitative estimate of drug-likeness (QED) is 0.0670. The third-order valence-corrected chi connectivity index (χ3v) is 6.45. The number of carbonyl (C=O) groups excluding carboxylic acids is 1. The van der Waals surface area contributed by atoms with E-state index in [1.165, 1.54) is 12.1 Å². The van der Waals surface area contributed by atoms with Gasteiger partial charge >= 0.3 is 0 Å². The van der Waals surface area contributed by atoms with Crippen LogP contribution < -0.4 is 26.0 Å². The average molecular weight is 618 g/mol. The van der Waals surface area contributed by atoms with Gasteiger partial charge in [-0.1, -0.05) is 36.4 Å². The van der Waals surface area contributed by atoms with Crippen LogP contribution in [0.15, 0.2) is 72.8 Å². The van der Waals surface area contributed by atoms with Gasteiger partial charge in [0, 0.05) is 31.7 Å². The molecule has 0 spiro atoms. The number of aromatic nitrogens is 3. The SMILES string of the molecule is COc1ccc(CNc2nc(NCCOCCOCCNC(=O)c3ccccc3)nc(NCCc3ccc(O)c(O)c3)n2)cc1. The first-order chi connectivity index (χ1) is 22.0. The highest BCUT2D eigenvalue weighted by Gasteiger charge is 2.08. The third kappa shape index (κ3) is 11.5. The van der Waals surface area contributed by atoms with E-state index in [2.05, 4.69) is 36.2 Å². The van der Waals surface area contributed by atoms with E-state index < -0.39 is 0 Å². The third-order valence-electron chi connectivity index (χ3n) is 6.45. The predicted octanol–water partition coefficient (Wildman–Crippen LogP) is 3.43. The normalized spacial score (nSPS) is 10.7. The molecule has 4 aromatic rings. The summed E-state index contributed by atoms with van der Waals surface area (Å²) in [6.45, 7) is 3.46. The maximum atomic E-state index is 12.0. The Morgan fingerprint density at radius 1 is 0.689 bits per heavy atom. The van der Waals surface area contributed by atoms with Gasteiger partial charge in [-0.25, -0.2) is 0 Å². The predicted molar refractivity (Wildman–Crippen MR) is 171 cm³/mol. The molecule has 3 aromatic carbocycles. The molecule has 4 rings (SSSR count). The molecule has 6 N–H and O–H groups in total. The van der Waals surface area contributed by atoms with Gasteiger partial charge in [-0.15, -0.1) is 0 Å². The summed E-state index contributed by atoms with van der Waals surface area (Å²) in [6, 6.07) is 21.5. The van der Waals surface area contributed by atoms with Crippen molar-refractivity contribution in [1.29, 1.82) is 0 Å². The van der Waals surface area contributed by atoms with Gasteiger partial charge in [-0.05, 0) is 53.9 Å². The number of nitrogens with zero attached hydrogens (tertiary/aromatic N) is 3. The molecule has 0 fully saturated rings. The van der Waals surface area contributed by atoms with Crippen LogP contribution in [0, 0.1) is 0 Å². The summed E-state index contributed by atoms with van der Waals surface area (Å²) in [6.07, 6.45) is 0.576. The van der Waals surface area contributed by atoms with Gasteiger partial charge in [-0.3, -0.25) is 4.79 Å². The number of nitrogens with one attached hydrogen (secondary N) is 4. The molecule has 1 heterocycles. The van der Waals surface area contributed by atoms with Gasteiger partial charge in [-0.2, -0.15) is 15.0 Å². The maximum absolute atomic E-state index is 12.0. The first-order valence-electron chi connectivity index (χ1n) is 14.6. The van der Waals surface area contributed by atoms with Crippen molar-refractivity contribution in [2.75, 3.05) is 69.1 Å². The van der Waals surface area contributed by atoms with E-state index >= 15 is 0 Å². The van der Waals surface area contributed by atoms with Crippen molar-refractivity contribution in [3.05, 3.63) is 89.5 Å². The summed E-state index contributed by atoms with van der Waals surface area (Å²) >= 11 is 0. The fourth-order valence-corrected chi connectivity index (χ4v) is 4.07. The van der Waals surface area contributed by atoms with Gasteiger partial charge in [0.15, 0.2) is 11.5 Å². The largest absolute Gasteiger partial charge is 0.504 e. The number of hydrogen-bond acceptors (Lipinski definition) is 12. The molecular formula is C32H39N7O6. The summed E-state index contributed by atoms with van der Waals surface area (Å²) in [5, 5.41) is 31.7. The van der Waals surface area contributed by atoms with Crippen molar-refractivity contribution in [2.45, 2.75) is 13.0 Å². The highest BCUT2D eigenvalue weighted by atomic mass is 16.5. The van der Waals surface area contributed by atoms with Crippen LogP contribution in [0.1, 0.15) is 21.5 Å². The summed E-state index contributed by atoms with van der Waals surface area (Å²) in [4.78, 5) is 25.5. The molecule has 0 atom stereocenters. The van der Waals surface area contributed by atoms with Gasteiger partial charge in [0.2, 0.25) is 17.8 Å². The van der Waals surface area contributed by atoms with Gasteiger partial charge in [0.05, 0.1) is 33.5 Å². The smallest absolute Gasteiger partial charge is 0.251 e. The molecule has 0 radical (unpaired) electrons. The number of hydrogen-bond donors (Lipinski definition) is 6. The molecule has 13 heteroatoms. The number of methoxy groups -OCH3 is 1. The van der Waals surface area contributed by atoms with Crippen LogP contribution >= 0.6 is 0 Å². The highest BCUT2D eigenvalue weighted by molar-refractivity contribution is 5.94. The number of phenolic OH excluding ortho intramolecular Hbond substituents is 2. The van der Waals surface area contributed by atoms with Gasteiger partial charge in [0.25, 0.3) is 5.91 Å². The molecule has 0 saturated heterocycles. The minimum absolute atomic E-state index is 0.130. The fourth-order valence-electron chi connectivity index (χ4n) is 4.07. The van der Waals surface area contributed by atoms with E-state index in [1.807, 2.05) is 42.5 Å². The van der Waals surface area contributed by atoms with Gasteiger partial charge < -0.3 is 45.7 Å². The summed E-state index contributed by atoms with van der Waals surface area (Å²) in [5.41, 5.74) is 2.49. The Hall–Kier alpha value is -5.14. The van der Waals surface area contributed by atoms with E-state index in [0.717, 1.165) is 16.9 Å². The number of ether oxygens (including phenoxy) is 3. The minimum atomic E-state index is -0.162. The molecule has 0 aliphatic rings. The lowest BCUT2D eigenvalue weighted by Gasteiger charge is -2.12. The van der Waals surface area contributed by atoms with Crippen molar-refractivity contribution in [1.82, 2.24) is 20.3 Å². The monoisotopic (exact) mass is 617 g/mol. The molecule has 238 valence electrons. The number of phenols is 2. The van der Waals surface area contributed by atoms with E-state index in [0.29, 0.717) is 82.4 Å². The number of carbonyl (C=O) groups is 1. The highest BCUT2D eigenvalue weighted by Crippen LogP contribution is 2.25. The lowest BCUT2D eigenvalue weighted by Crippen LogP contribution is -2.27. The zero-order valence-corrected chi connectivity index (χ0v) is 25.2.